The Kier molecular flexibility index (Phi) is 3.58. The molecule has 1 aromatic rings. The highest BCUT2D eigenvalue weighted by Gasteiger charge is 2.26. The molecule has 0 N–H and O–H groups in total. The van der Waals surface area contributed by atoms with Gasteiger partial charge < -0.3 is 4.74 Å². The van der Waals surface area contributed by atoms with Crippen LogP contribution in [0.5, 0.6) is 5.75 Å². The molecule has 0 amide bonds. The zero-order valence-electron chi connectivity index (χ0n) is 10.2. The molecular weight excluding hydrogens is 264 g/mol. The zero-order valence-corrected chi connectivity index (χ0v) is 11.8. The number of hydrogen-bond donors (Lipinski definition) is 0. The molecule has 2 rings (SSSR count). The second kappa shape index (κ2) is 4.79. The second-order valence-corrected chi connectivity index (χ2v) is 6.03. The van der Waals surface area contributed by atoms with E-state index in [0.717, 1.165) is 5.75 Å². The predicted octanol–water partition coefficient (Wildman–Crippen LogP) is 4.34. The van der Waals surface area contributed by atoms with Crippen molar-refractivity contribution < 1.29 is 4.74 Å². The van der Waals surface area contributed by atoms with E-state index in [1.54, 1.807) is 7.11 Å². The summed E-state index contributed by atoms with van der Waals surface area (Å²) in [5, 5.41) is 0. The van der Waals surface area contributed by atoms with Crippen molar-refractivity contribution in [2.24, 2.45) is 0 Å². The molecule has 1 fully saturated rings. The summed E-state index contributed by atoms with van der Waals surface area (Å²) >= 11 is 3.71. The fourth-order valence-corrected chi connectivity index (χ4v) is 3.33. The number of halogens is 1. The summed E-state index contributed by atoms with van der Waals surface area (Å²) < 4.78 is 5.59. The van der Waals surface area contributed by atoms with Gasteiger partial charge in [0.05, 0.1) is 7.11 Å². The second-order valence-electron chi connectivity index (χ2n) is 4.74. The highest BCUT2D eigenvalue weighted by molar-refractivity contribution is 9.09. The van der Waals surface area contributed by atoms with Crippen LogP contribution in [0.1, 0.15) is 41.9 Å². The van der Waals surface area contributed by atoms with Crippen molar-refractivity contribution in [3.63, 3.8) is 0 Å². The van der Waals surface area contributed by atoms with Gasteiger partial charge in [-0.2, -0.15) is 0 Å². The molecule has 0 aromatic heterocycles. The predicted molar refractivity (Wildman–Crippen MR) is 71.8 cm³/mol. The molecule has 0 spiro atoms. The maximum absolute atomic E-state index is 5.59. The van der Waals surface area contributed by atoms with Crippen LogP contribution < -0.4 is 4.74 Å². The molecule has 1 aromatic carbocycles. The van der Waals surface area contributed by atoms with E-state index in [1.807, 2.05) is 0 Å². The zero-order chi connectivity index (χ0) is 11.7. The minimum Gasteiger partial charge on any atom is -0.496 e. The molecule has 0 aliphatic heterocycles. The van der Waals surface area contributed by atoms with Gasteiger partial charge in [0.1, 0.15) is 5.75 Å². The van der Waals surface area contributed by atoms with Crippen molar-refractivity contribution in [3.05, 3.63) is 28.8 Å². The van der Waals surface area contributed by atoms with Crippen LogP contribution in [0.25, 0.3) is 0 Å². The lowest BCUT2D eigenvalue weighted by atomic mass is 9.93. The van der Waals surface area contributed by atoms with E-state index in [4.69, 9.17) is 4.74 Å². The first kappa shape index (κ1) is 12.0. The summed E-state index contributed by atoms with van der Waals surface area (Å²) in [6, 6.07) is 4.46. The number of ether oxygens (including phenoxy) is 1. The van der Waals surface area contributed by atoms with Crippen LogP contribution in [-0.2, 0) is 0 Å². The average molecular weight is 283 g/mol. The van der Waals surface area contributed by atoms with Crippen molar-refractivity contribution in [2.75, 3.05) is 7.11 Å². The molecule has 0 heterocycles. The van der Waals surface area contributed by atoms with Crippen LogP contribution >= 0.6 is 15.9 Å². The number of alkyl halides is 1. The Morgan fingerprint density at radius 1 is 1.25 bits per heavy atom. The van der Waals surface area contributed by atoms with E-state index in [1.165, 1.54) is 36.0 Å². The van der Waals surface area contributed by atoms with E-state index >= 15 is 0 Å². The van der Waals surface area contributed by atoms with Crippen molar-refractivity contribution in [1.82, 2.24) is 0 Å². The van der Waals surface area contributed by atoms with E-state index in [2.05, 4.69) is 41.9 Å². The Bertz CT molecular complexity index is 387. The average Bonchev–Trinajstić information content (AvgIpc) is 2.68. The van der Waals surface area contributed by atoms with Crippen molar-refractivity contribution in [1.29, 1.82) is 0 Å². The minimum atomic E-state index is 0.665. The lowest BCUT2D eigenvalue weighted by molar-refractivity contribution is 0.402. The Hall–Kier alpha value is -0.500. The summed E-state index contributed by atoms with van der Waals surface area (Å²) in [5.41, 5.74) is 4.00. The lowest BCUT2D eigenvalue weighted by Crippen LogP contribution is -2.01. The molecule has 1 saturated carbocycles. The van der Waals surface area contributed by atoms with Crippen molar-refractivity contribution in [2.45, 2.75) is 43.9 Å². The summed E-state index contributed by atoms with van der Waals surface area (Å²) in [6.45, 7) is 4.29. The van der Waals surface area contributed by atoms with Crippen LogP contribution in [0.15, 0.2) is 12.1 Å². The van der Waals surface area contributed by atoms with Gasteiger partial charge in [-0.15, -0.1) is 0 Å². The van der Waals surface area contributed by atoms with Gasteiger partial charge >= 0.3 is 0 Å². The Morgan fingerprint density at radius 3 is 2.56 bits per heavy atom. The molecule has 0 radical (unpaired) electrons. The SMILES string of the molecule is COc1c(C2CCC(Br)C2)ccc(C)c1C. The summed E-state index contributed by atoms with van der Waals surface area (Å²) in [7, 11) is 1.78. The monoisotopic (exact) mass is 282 g/mol. The maximum Gasteiger partial charge on any atom is 0.125 e. The first-order valence-corrected chi connectivity index (χ1v) is 6.83. The Morgan fingerprint density at radius 2 is 2.00 bits per heavy atom. The van der Waals surface area contributed by atoms with Crippen LogP contribution in [0.2, 0.25) is 0 Å². The lowest BCUT2D eigenvalue weighted by Gasteiger charge is -2.18. The third-order valence-electron chi connectivity index (χ3n) is 3.72. The molecule has 1 aliphatic rings. The summed E-state index contributed by atoms with van der Waals surface area (Å²) in [5.74, 6) is 1.77. The number of benzene rings is 1. The van der Waals surface area contributed by atoms with Gasteiger partial charge in [0, 0.05) is 4.83 Å². The van der Waals surface area contributed by atoms with E-state index in [-0.39, 0.29) is 0 Å². The van der Waals surface area contributed by atoms with Gasteiger partial charge in [-0.3, -0.25) is 0 Å². The molecule has 16 heavy (non-hydrogen) atoms. The third-order valence-corrected chi connectivity index (χ3v) is 4.55. The van der Waals surface area contributed by atoms with Crippen LogP contribution in [-0.4, -0.2) is 11.9 Å². The number of hydrogen-bond acceptors (Lipinski definition) is 1. The molecule has 0 saturated heterocycles. The molecule has 88 valence electrons. The summed E-state index contributed by atoms with van der Waals surface area (Å²) in [4.78, 5) is 0.684. The maximum atomic E-state index is 5.59. The smallest absolute Gasteiger partial charge is 0.125 e. The van der Waals surface area contributed by atoms with Crippen LogP contribution in [0.4, 0.5) is 0 Å². The van der Waals surface area contributed by atoms with Crippen LogP contribution in [0, 0.1) is 13.8 Å². The fraction of sp³-hybridized carbons (Fsp3) is 0.571. The Balaban J connectivity index is 2.37. The van der Waals surface area contributed by atoms with Gasteiger partial charge in [0.25, 0.3) is 0 Å². The van der Waals surface area contributed by atoms with E-state index in [9.17, 15) is 0 Å². The molecular formula is C14H19BrO. The first-order valence-electron chi connectivity index (χ1n) is 5.91. The highest BCUT2D eigenvalue weighted by Crippen LogP contribution is 2.42. The van der Waals surface area contributed by atoms with E-state index < -0.39 is 0 Å². The standard InChI is InChI=1S/C14H19BrO/c1-9-4-7-13(14(16-3)10(9)2)11-5-6-12(15)8-11/h4,7,11-12H,5-6,8H2,1-3H3. The Labute approximate surface area is 106 Å². The van der Waals surface area contributed by atoms with Gasteiger partial charge in [-0.1, -0.05) is 28.1 Å². The molecule has 2 atom stereocenters. The molecule has 1 aliphatic carbocycles. The quantitative estimate of drug-likeness (QED) is 0.733. The van der Waals surface area contributed by atoms with Gasteiger partial charge in [0.2, 0.25) is 0 Å². The van der Waals surface area contributed by atoms with Crippen molar-refractivity contribution in [3.8, 4) is 5.75 Å². The van der Waals surface area contributed by atoms with Crippen molar-refractivity contribution >= 4 is 15.9 Å². The number of rotatable bonds is 2. The van der Waals surface area contributed by atoms with Crippen LogP contribution in [0.3, 0.4) is 0 Å². The molecule has 0 bridgehead atoms. The number of methoxy groups -OCH3 is 1. The molecule has 1 nitrogen and oxygen atoms in total. The van der Waals surface area contributed by atoms with Gasteiger partial charge in [-0.25, -0.2) is 0 Å². The number of aryl methyl sites for hydroxylation is 1. The van der Waals surface area contributed by atoms with Gasteiger partial charge in [-0.05, 0) is 55.7 Å². The third kappa shape index (κ3) is 2.13. The normalized spacial score (nSPS) is 24.8. The largest absolute Gasteiger partial charge is 0.496 e. The van der Waals surface area contributed by atoms with Gasteiger partial charge in [0.15, 0.2) is 0 Å². The fourth-order valence-electron chi connectivity index (χ4n) is 2.61. The molecule has 2 heteroatoms. The first-order chi connectivity index (χ1) is 7.63. The van der Waals surface area contributed by atoms with E-state index in [0.29, 0.717) is 10.7 Å². The molecule has 2 unspecified atom stereocenters. The topological polar surface area (TPSA) is 9.23 Å². The summed E-state index contributed by atoms with van der Waals surface area (Å²) in [6.07, 6.45) is 3.79. The minimum absolute atomic E-state index is 0.665. The highest BCUT2D eigenvalue weighted by atomic mass is 79.9.